The van der Waals surface area contributed by atoms with Gasteiger partial charge in [-0.2, -0.15) is 0 Å². The van der Waals surface area contributed by atoms with E-state index in [0.29, 0.717) is 12.2 Å². The lowest BCUT2D eigenvalue weighted by atomic mass is 9.49. The molecule has 28 heavy (non-hydrogen) atoms. The molecule has 1 aromatic carbocycles. The molecule has 0 radical (unpaired) electrons. The van der Waals surface area contributed by atoms with Gasteiger partial charge in [-0.3, -0.25) is 4.79 Å². The largest absolute Gasteiger partial charge is 0.465 e. The summed E-state index contributed by atoms with van der Waals surface area (Å²) in [6.07, 6.45) is 7.39. The number of fused-ring (bicyclic) bond motifs is 1. The molecule has 4 N–H and O–H groups in total. The number of carbonyl (C=O) groups excluding carboxylic acids is 1. The third kappa shape index (κ3) is 3.34. The summed E-state index contributed by atoms with van der Waals surface area (Å²) in [4.78, 5) is 30.9. The number of imidazole rings is 1. The van der Waals surface area contributed by atoms with Gasteiger partial charge in [0, 0.05) is 12.1 Å². The third-order valence-electron chi connectivity index (χ3n) is 6.92. The van der Waals surface area contributed by atoms with Gasteiger partial charge in [0.15, 0.2) is 0 Å². The molecular weight excluding hydrogens is 356 g/mol. The number of carboxylic acid groups (broad SMARTS) is 1. The van der Waals surface area contributed by atoms with Gasteiger partial charge in [0.2, 0.25) is 5.91 Å². The highest BCUT2D eigenvalue weighted by atomic mass is 16.4. The summed E-state index contributed by atoms with van der Waals surface area (Å²) >= 11 is 0. The maximum absolute atomic E-state index is 12.8. The molecule has 2 aromatic rings. The Morgan fingerprint density at radius 2 is 1.82 bits per heavy atom. The van der Waals surface area contributed by atoms with E-state index in [1.165, 1.54) is 38.5 Å². The Bertz CT molecular complexity index is 900. The molecule has 1 heterocycles. The quantitative estimate of drug-likeness (QED) is 0.629. The number of nitrogens with zero attached hydrogens (tertiary/aromatic N) is 1. The Kier molecular flexibility index (Phi) is 4.07. The van der Waals surface area contributed by atoms with Crippen LogP contribution in [0.1, 0.15) is 50.8 Å². The van der Waals surface area contributed by atoms with Crippen molar-refractivity contribution in [2.45, 2.75) is 51.5 Å². The molecule has 7 nitrogen and oxygen atoms in total. The zero-order chi connectivity index (χ0) is 19.3. The number of hydrogen-bond acceptors (Lipinski definition) is 3. The second-order valence-corrected chi connectivity index (χ2v) is 9.22. The van der Waals surface area contributed by atoms with Crippen LogP contribution in [-0.2, 0) is 11.3 Å². The van der Waals surface area contributed by atoms with Crippen molar-refractivity contribution in [2.24, 2.45) is 23.2 Å². The van der Waals surface area contributed by atoms with Crippen molar-refractivity contribution < 1.29 is 14.7 Å². The molecule has 0 unspecified atom stereocenters. The predicted octanol–water partition coefficient (Wildman–Crippen LogP) is 3.88. The first-order chi connectivity index (χ1) is 13.5. The van der Waals surface area contributed by atoms with E-state index in [9.17, 15) is 9.59 Å². The minimum absolute atomic E-state index is 0.105. The van der Waals surface area contributed by atoms with Crippen LogP contribution in [0.15, 0.2) is 18.2 Å². The van der Waals surface area contributed by atoms with Crippen LogP contribution in [0.25, 0.3) is 11.0 Å². The predicted molar refractivity (Wildman–Crippen MR) is 105 cm³/mol. The number of anilines is 1. The summed E-state index contributed by atoms with van der Waals surface area (Å²) in [5.41, 5.74) is 2.52. The maximum atomic E-state index is 12.8. The third-order valence-corrected chi connectivity index (χ3v) is 6.92. The number of nitrogens with one attached hydrogen (secondary N) is 3. The lowest BCUT2D eigenvalue weighted by Gasteiger charge is -2.56. The molecule has 148 valence electrons. The van der Waals surface area contributed by atoms with E-state index in [2.05, 4.69) is 20.6 Å². The standard InChI is InChI=1S/C21H26N4O3/c26-19(10-21-7-12-3-13(8-21)5-14(4-12)9-21)23-15-1-2-16-17(6-15)25-18(24-16)11-22-20(27)28/h1-2,6,12-14,22H,3-5,7-11H2,(H,23,26)(H,24,25)(H,27,28). The second kappa shape index (κ2) is 6.50. The highest BCUT2D eigenvalue weighted by Crippen LogP contribution is 2.61. The van der Waals surface area contributed by atoms with Crippen LogP contribution in [0.4, 0.5) is 10.5 Å². The van der Waals surface area contributed by atoms with Crippen molar-refractivity contribution in [3.05, 3.63) is 24.0 Å². The second-order valence-electron chi connectivity index (χ2n) is 9.22. The van der Waals surface area contributed by atoms with Crippen LogP contribution < -0.4 is 10.6 Å². The van der Waals surface area contributed by atoms with Crippen molar-refractivity contribution in [3.8, 4) is 0 Å². The number of H-pyrrole nitrogens is 1. The van der Waals surface area contributed by atoms with E-state index in [0.717, 1.165) is 34.5 Å². The van der Waals surface area contributed by atoms with E-state index in [-0.39, 0.29) is 17.9 Å². The Hall–Kier alpha value is -2.57. The molecule has 0 saturated heterocycles. The minimum Gasteiger partial charge on any atom is -0.465 e. The van der Waals surface area contributed by atoms with Crippen LogP contribution in [0, 0.1) is 23.2 Å². The molecule has 0 atom stereocenters. The van der Waals surface area contributed by atoms with Gasteiger partial charge in [-0.1, -0.05) is 0 Å². The SMILES string of the molecule is O=C(O)NCc1nc2ccc(NC(=O)CC34CC5CC(CC(C5)C3)C4)cc2[nH]1. The number of benzene rings is 1. The number of amides is 2. The zero-order valence-corrected chi connectivity index (χ0v) is 15.8. The first kappa shape index (κ1) is 17.5. The van der Waals surface area contributed by atoms with Crippen LogP contribution in [0.2, 0.25) is 0 Å². The average molecular weight is 382 g/mol. The van der Waals surface area contributed by atoms with E-state index < -0.39 is 6.09 Å². The van der Waals surface area contributed by atoms with E-state index >= 15 is 0 Å². The molecule has 2 amide bonds. The molecule has 6 rings (SSSR count). The summed E-state index contributed by atoms with van der Waals surface area (Å²) in [6, 6.07) is 5.57. The first-order valence-corrected chi connectivity index (χ1v) is 10.2. The van der Waals surface area contributed by atoms with Gasteiger partial charge in [-0.15, -0.1) is 0 Å². The van der Waals surface area contributed by atoms with Gasteiger partial charge in [0.25, 0.3) is 0 Å². The number of carbonyl (C=O) groups is 2. The number of rotatable bonds is 5. The molecule has 4 saturated carbocycles. The number of hydrogen-bond donors (Lipinski definition) is 4. The molecule has 7 heteroatoms. The van der Waals surface area contributed by atoms with Crippen molar-refractivity contribution in [3.63, 3.8) is 0 Å². The lowest BCUT2D eigenvalue weighted by molar-refractivity contribution is -0.124. The van der Waals surface area contributed by atoms with Crippen LogP contribution in [0.3, 0.4) is 0 Å². The van der Waals surface area contributed by atoms with Crippen molar-refractivity contribution in [2.75, 3.05) is 5.32 Å². The van der Waals surface area contributed by atoms with Gasteiger partial charge >= 0.3 is 6.09 Å². The van der Waals surface area contributed by atoms with Crippen molar-refractivity contribution in [1.29, 1.82) is 0 Å². The average Bonchev–Trinajstić information content (AvgIpc) is 3.00. The van der Waals surface area contributed by atoms with Crippen LogP contribution >= 0.6 is 0 Å². The van der Waals surface area contributed by atoms with Gasteiger partial charge < -0.3 is 20.7 Å². The molecular formula is C21H26N4O3. The fourth-order valence-corrected chi connectivity index (χ4v) is 6.44. The monoisotopic (exact) mass is 382 g/mol. The van der Waals surface area contributed by atoms with Gasteiger partial charge in [0.1, 0.15) is 5.82 Å². The fourth-order valence-electron chi connectivity index (χ4n) is 6.44. The number of aromatic amines is 1. The summed E-state index contributed by atoms with van der Waals surface area (Å²) in [6.45, 7) is 0.123. The van der Waals surface area contributed by atoms with Crippen molar-refractivity contribution in [1.82, 2.24) is 15.3 Å². The molecule has 0 spiro atoms. The summed E-state index contributed by atoms with van der Waals surface area (Å²) in [7, 11) is 0. The normalized spacial score (nSPS) is 30.5. The Morgan fingerprint density at radius 3 is 2.46 bits per heavy atom. The highest BCUT2D eigenvalue weighted by Gasteiger charge is 2.51. The van der Waals surface area contributed by atoms with Crippen LogP contribution in [-0.4, -0.2) is 27.1 Å². The summed E-state index contributed by atoms with van der Waals surface area (Å²) in [5, 5.41) is 14.1. The van der Waals surface area contributed by atoms with E-state index in [1.807, 2.05) is 18.2 Å². The Labute approximate surface area is 163 Å². The fraction of sp³-hybridized carbons (Fsp3) is 0.571. The molecule has 4 aliphatic rings. The van der Waals surface area contributed by atoms with Gasteiger partial charge in [0.05, 0.1) is 17.6 Å². The van der Waals surface area contributed by atoms with Crippen LogP contribution in [0.5, 0.6) is 0 Å². The lowest BCUT2D eigenvalue weighted by Crippen LogP contribution is -2.47. The van der Waals surface area contributed by atoms with E-state index in [4.69, 9.17) is 5.11 Å². The molecule has 4 bridgehead atoms. The summed E-state index contributed by atoms with van der Waals surface area (Å²) < 4.78 is 0. The summed E-state index contributed by atoms with van der Waals surface area (Å²) in [5.74, 6) is 3.19. The van der Waals surface area contributed by atoms with Gasteiger partial charge in [-0.05, 0) is 79.9 Å². The molecule has 4 fully saturated rings. The molecule has 0 aliphatic heterocycles. The molecule has 1 aromatic heterocycles. The topological polar surface area (TPSA) is 107 Å². The first-order valence-electron chi connectivity index (χ1n) is 10.2. The zero-order valence-electron chi connectivity index (χ0n) is 15.8. The smallest absolute Gasteiger partial charge is 0.405 e. The Balaban J connectivity index is 1.26. The number of aromatic nitrogens is 2. The van der Waals surface area contributed by atoms with Crippen molar-refractivity contribution >= 4 is 28.7 Å². The maximum Gasteiger partial charge on any atom is 0.405 e. The van der Waals surface area contributed by atoms with Gasteiger partial charge in [-0.25, -0.2) is 9.78 Å². The van der Waals surface area contributed by atoms with E-state index in [1.54, 1.807) is 0 Å². The Morgan fingerprint density at radius 1 is 1.14 bits per heavy atom. The highest BCUT2D eigenvalue weighted by molar-refractivity contribution is 5.93. The minimum atomic E-state index is -1.09. The molecule has 4 aliphatic carbocycles.